The number of nitriles is 1. The van der Waals surface area contributed by atoms with Crippen molar-refractivity contribution in [1.82, 2.24) is 24.9 Å². The van der Waals surface area contributed by atoms with Gasteiger partial charge in [0.25, 0.3) is 5.91 Å². The molecule has 3 atom stereocenters. The third-order valence-electron chi connectivity index (χ3n) is 12.8. The van der Waals surface area contributed by atoms with Gasteiger partial charge < -0.3 is 15.0 Å². The number of nitrogens with zero attached hydrogens (tertiary/aromatic N) is 7. The van der Waals surface area contributed by atoms with E-state index in [0.29, 0.717) is 34.9 Å². The van der Waals surface area contributed by atoms with Gasteiger partial charge in [0.15, 0.2) is 10.9 Å². The fourth-order valence-corrected chi connectivity index (χ4v) is 10.3. The van der Waals surface area contributed by atoms with Gasteiger partial charge in [-0.3, -0.25) is 39.1 Å². The van der Waals surface area contributed by atoms with E-state index in [9.17, 15) is 37.6 Å². The normalized spacial score (nSPS) is 25.0. The van der Waals surface area contributed by atoms with E-state index in [4.69, 9.17) is 17.0 Å². The van der Waals surface area contributed by atoms with Crippen LogP contribution in [0.1, 0.15) is 96.6 Å². The average molecular weight is 864 g/mol. The van der Waals surface area contributed by atoms with Crippen LogP contribution >= 0.6 is 12.2 Å². The molecule has 14 nitrogen and oxygen atoms in total. The summed E-state index contributed by atoms with van der Waals surface area (Å²) in [5.74, 6) is 0.0272. The molecule has 4 heterocycles. The standard InChI is InChI=1S/C43H52F3N9O5S/c1-25-20-31(21-26(2)53(25)24-36(57)48-34-10-6-9-32-37(34)51(5)50-38(32)52-18-17-35(56)49-40(52)59)60-19-7-8-27-11-14-29(15-12-27)55-41(61)54(39(58)42(55,3)4)30-16-13-28(23-47)33(22-30)43(44,45)46/h6,9-10,13,16,22,25-27,29,31H,7-8,11-12,14-15,17-21,24H2,1-5H3,(H,48,57)(H,49,56,59)/t25-,26+,27?,29?,31?. The number of carbonyl (C=O) groups excluding carboxylic acids is 4. The summed E-state index contributed by atoms with van der Waals surface area (Å²) in [6.45, 7) is 8.80. The maximum absolute atomic E-state index is 13.8. The van der Waals surface area contributed by atoms with Gasteiger partial charge in [0.05, 0.1) is 46.7 Å². The summed E-state index contributed by atoms with van der Waals surface area (Å²) in [5, 5.41) is 20.1. The van der Waals surface area contributed by atoms with Crippen molar-refractivity contribution in [3.63, 3.8) is 0 Å². The molecule has 1 unspecified atom stereocenters. The number of aryl methyl sites for hydroxylation is 1. The zero-order chi connectivity index (χ0) is 44.0. The second-order valence-corrected chi connectivity index (χ2v) is 17.7. The van der Waals surface area contributed by atoms with Gasteiger partial charge in [-0.2, -0.15) is 23.5 Å². The number of urea groups is 1. The van der Waals surface area contributed by atoms with Crippen LogP contribution in [0.5, 0.6) is 0 Å². The molecule has 326 valence electrons. The smallest absolute Gasteiger partial charge is 0.378 e. The van der Waals surface area contributed by atoms with Gasteiger partial charge in [0.2, 0.25) is 11.8 Å². The van der Waals surface area contributed by atoms with E-state index < -0.39 is 34.8 Å². The monoisotopic (exact) mass is 863 g/mol. The molecular weight excluding hydrogens is 812 g/mol. The fraction of sp³-hybridized carbons (Fsp3) is 0.558. The van der Waals surface area contributed by atoms with Crippen molar-refractivity contribution in [3.05, 3.63) is 47.5 Å². The number of hydrogen-bond acceptors (Lipinski definition) is 9. The number of likely N-dealkylation sites (tertiary alicyclic amines) is 1. The fourth-order valence-electron chi connectivity index (χ4n) is 9.72. The molecule has 3 aromatic rings. The first-order valence-electron chi connectivity index (χ1n) is 20.9. The summed E-state index contributed by atoms with van der Waals surface area (Å²) in [7, 11) is 1.75. The molecule has 0 spiro atoms. The van der Waals surface area contributed by atoms with Crippen molar-refractivity contribution < 1.29 is 37.1 Å². The molecular formula is C43H52F3N9O5S. The SMILES string of the molecule is C[C@@H]1CC(OCCCC2CCC(N3C(=S)N(c4ccc(C#N)c(C(F)(F)F)c4)C(=O)C3(C)C)CC2)C[C@H](C)N1CC(=O)Nc1cccc2c(N3CCC(=O)NC3=O)nn(C)c12. The van der Waals surface area contributed by atoms with Crippen LogP contribution in [0.2, 0.25) is 0 Å². The van der Waals surface area contributed by atoms with E-state index in [2.05, 4.69) is 34.5 Å². The summed E-state index contributed by atoms with van der Waals surface area (Å²) in [6.07, 6.45) is 2.47. The number of carbonyl (C=O) groups is 4. The summed E-state index contributed by atoms with van der Waals surface area (Å²) in [5.41, 5.74) is -1.39. The summed E-state index contributed by atoms with van der Waals surface area (Å²) in [6, 6.07) is 9.97. The van der Waals surface area contributed by atoms with Crippen LogP contribution in [0.25, 0.3) is 10.9 Å². The molecule has 61 heavy (non-hydrogen) atoms. The van der Waals surface area contributed by atoms with Crippen molar-refractivity contribution in [3.8, 4) is 6.07 Å². The number of piperidine rings is 1. The molecule has 3 aliphatic heterocycles. The Labute approximate surface area is 358 Å². The number of para-hydroxylation sites is 1. The van der Waals surface area contributed by atoms with Gasteiger partial charge in [0.1, 0.15) is 5.54 Å². The number of amides is 5. The Balaban J connectivity index is 0.861. The van der Waals surface area contributed by atoms with Crippen molar-refractivity contribution in [1.29, 1.82) is 5.26 Å². The van der Waals surface area contributed by atoms with Crippen molar-refractivity contribution in [2.45, 2.75) is 121 Å². The van der Waals surface area contributed by atoms with Gasteiger partial charge >= 0.3 is 12.2 Å². The second-order valence-electron chi connectivity index (χ2n) is 17.3. The molecule has 1 aromatic heterocycles. The number of halogens is 3. The molecule has 1 aliphatic carbocycles. The van der Waals surface area contributed by atoms with Crippen LogP contribution in [-0.4, -0.2) is 97.9 Å². The van der Waals surface area contributed by atoms with Gasteiger partial charge in [-0.15, -0.1) is 0 Å². The predicted molar refractivity (Wildman–Crippen MR) is 227 cm³/mol. The second kappa shape index (κ2) is 17.3. The first-order chi connectivity index (χ1) is 28.9. The number of thiocarbonyl (C=S) groups is 1. The lowest BCUT2D eigenvalue weighted by molar-refractivity contribution is -0.137. The summed E-state index contributed by atoms with van der Waals surface area (Å²) < 4.78 is 49.3. The summed E-state index contributed by atoms with van der Waals surface area (Å²) >= 11 is 5.77. The van der Waals surface area contributed by atoms with E-state index in [-0.39, 0.29) is 66.4 Å². The third kappa shape index (κ3) is 8.82. The molecule has 0 bridgehead atoms. The highest BCUT2D eigenvalue weighted by Gasteiger charge is 2.52. The number of benzene rings is 2. The van der Waals surface area contributed by atoms with Crippen LogP contribution < -0.4 is 20.4 Å². The average Bonchev–Trinajstić information content (AvgIpc) is 3.62. The highest BCUT2D eigenvalue weighted by Crippen LogP contribution is 2.42. The van der Waals surface area contributed by atoms with Gasteiger partial charge in [-0.25, -0.2) is 4.79 Å². The van der Waals surface area contributed by atoms with E-state index >= 15 is 0 Å². The van der Waals surface area contributed by atoms with Crippen molar-refractivity contribution in [2.24, 2.45) is 13.0 Å². The first-order valence-corrected chi connectivity index (χ1v) is 21.3. The van der Waals surface area contributed by atoms with E-state index in [0.717, 1.165) is 63.5 Å². The minimum Gasteiger partial charge on any atom is -0.378 e. The zero-order valence-electron chi connectivity index (χ0n) is 35.1. The lowest BCUT2D eigenvalue weighted by Crippen LogP contribution is -2.51. The Kier molecular flexibility index (Phi) is 12.5. The summed E-state index contributed by atoms with van der Waals surface area (Å²) in [4.78, 5) is 58.1. The number of alkyl halides is 3. The lowest BCUT2D eigenvalue weighted by Gasteiger charge is -2.42. The van der Waals surface area contributed by atoms with Crippen LogP contribution in [0.3, 0.4) is 0 Å². The highest BCUT2D eigenvalue weighted by molar-refractivity contribution is 7.80. The molecule has 4 fully saturated rings. The van der Waals surface area contributed by atoms with Gasteiger partial charge in [-0.05, 0) is 128 Å². The molecule has 1 saturated carbocycles. The minimum absolute atomic E-state index is 0.00347. The quantitative estimate of drug-likeness (QED) is 0.154. The zero-order valence-corrected chi connectivity index (χ0v) is 35.9. The number of ether oxygens (including phenoxy) is 1. The van der Waals surface area contributed by atoms with E-state index in [1.807, 2.05) is 17.0 Å². The van der Waals surface area contributed by atoms with Crippen molar-refractivity contribution >= 4 is 69.2 Å². The van der Waals surface area contributed by atoms with Crippen LogP contribution in [-0.2, 0) is 32.3 Å². The Morgan fingerprint density at radius 1 is 1.08 bits per heavy atom. The molecule has 2 aromatic carbocycles. The van der Waals surface area contributed by atoms with Crippen LogP contribution in [0.15, 0.2) is 36.4 Å². The molecule has 5 amide bonds. The maximum Gasteiger partial charge on any atom is 0.417 e. The van der Waals surface area contributed by atoms with Gasteiger partial charge in [0, 0.05) is 50.1 Å². The topological polar surface area (TPSA) is 156 Å². The van der Waals surface area contributed by atoms with Crippen molar-refractivity contribution in [2.75, 3.05) is 34.8 Å². The Bertz CT molecular complexity index is 2250. The van der Waals surface area contributed by atoms with Gasteiger partial charge in [-0.1, -0.05) is 6.07 Å². The maximum atomic E-state index is 13.8. The Morgan fingerprint density at radius 3 is 2.44 bits per heavy atom. The largest absolute Gasteiger partial charge is 0.417 e. The molecule has 3 saturated heterocycles. The minimum atomic E-state index is -4.76. The number of rotatable bonds is 11. The number of nitrogens with one attached hydrogen (secondary N) is 2. The van der Waals surface area contributed by atoms with Crippen LogP contribution in [0.4, 0.5) is 35.2 Å². The number of fused-ring (bicyclic) bond motifs is 1. The highest BCUT2D eigenvalue weighted by atomic mass is 32.1. The Morgan fingerprint density at radius 2 is 1.79 bits per heavy atom. The third-order valence-corrected chi connectivity index (χ3v) is 13.2. The van der Waals surface area contributed by atoms with Crippen LogP contribution in [0, 0.1) is 17.2 Å². The molecule has 4 aliphatic rings. The predicted octanol–water partition coefficient (Wildman–Crippen LogP) is 6.86. The molecule has 0 radical (unpaired) electrons. The Hall–Kier alpha value is -5.12. The molecule has 7 rings (SSSR count). The number of imide groups is 1. The number of hydrogen-bond donors (Lipinski definition) is 2. The number of anilines is 3. The molecule has 18 heteroatoms. The number of aromatic nitrogens is 2. The lowest BCUT2D eigenvalue weighted by atomic mass is 9.82. The van der Waals surface area contributed by atoms with E-state index in [1.54, 1.807) is 37.7 Å². The first kappa shape index (κ1) is 44.0. The van der Waals surface area contributed by atoms with E-state index in [1.165, 1.54) is 15.9 Å². The molecule has 2 N–H and O–H groups in total.